The van der Waals surface area contributed by atoms with E-state index >= 15 is 0 Å². The first-order valence-corrected chi connectivity index (χ1v) is 7.97. The number of rotatable bonds is 6. The second-order valence-corrected chi connectivity index (χ2v) is 6.51. The summed E-state index contributed by atoms with van der Waals surface area (Å²) < 4.78 is 47.6. The van der Waals surface area contributed by atoms with Gasteiger partial charge in [0, 0.05) is 24.8 Å². The Kier molecular flexibility index (Phi) is 7.02. The van der Waals surface area contributed by atoms with Gasteiger partial charge in [-0.15, -0.1) is 23.2 Å². The predicted molar refractivity (Wildman–Crippen MR) is 85.1 cm³/mol. The van der Waals surface area contributed by atoms with Crippen LogP contribution in [0.4, 0.5) is 18.9 Å². The first-order valence-electron chi connectivity index (χ1n) is 6.90. The highest BCUT2D eigenvalue weighted by Crippen LogP contribution is 2.29. The molecule has 23 heavy (non-hydrogen) atoms. The fourth-order valence-corrected chi connectivity index (χ4v) is 2.30. The van der Waals surface area contributed by atoms with Gasteiger partial charge in [0.2, 0.25) is 0 Å². The molecule has 0 aliphatic rings. The summed E-state index contributed by atoms with van der Waals surface area (Å²) in [6.45, 7) is 4.84. The van der Waals surface area contributed by atoms with Gasteiger partial charge >= 0.3 is 5.97 Å². The van der Waals surface area contributed by atoms with Crippen LogP contribution in [0.1, 0.15) is 31.1 Å². The van der Waals surface area contributed by atoms with Gasteiger partial charge < -0.3 is 9.64 Å². The van der Waals surface area contributed by atoms with E-state index in [1.54, 1.807) is 20.8 Å². The van der Waals surface area contributed by atoms with E-state index in [9.17, 15) is 18.0 Å². The predicted octanol–water partition coefficient (Wildman–Crippen LogP) is 4.34. The van der Waals surface area contributed by atoms with Crippen LogP contribution in [0.3, 0.4) is 0 Å². The van der Waals surface area contributed by atoms with Gasteiger partial charge in [-0.1, -0.05) is 0 Å². The maximum atomic E-state index is 14.3. The van der Waals surface area contributed by atoms with Crippen molar-refractivity contribution in [2.24, 2.45) is 0 Å². The van der Waals surface area contributed by atoms with Crippen molar-refractivity contribution in [2.45, 2.75) is 26.4 Å². The highest BCUT2D eigenvalue weighted by molar-refractivity contribution is 6.18. The third kappa shape index (κ3) is 5.18. The fraction of sp³-hybridized carbons (Fsp3) is 0.533. The third-order valence-corrected chi connectivity index (χ3v) is 3.12. The van der Waals surface area contributed by atoms with Crippen LogP contribution >= 0.6 is 23.2 Å². The summed E-state index contributed by atoms with van der Waals surface area (Å²) >= 11 is 11.2. The van der Waals surface area contributed by atoms with Crippen LogP contribution in [0.15, 0.2) is 6.07 Å². The Balaban J connectivity index is 3.30. The van der Waals surface area contributed by atoms with Crippen molar-refractivity contribution in [3.8, 4) is 0 Å². The molecule has 1 rings (SSSR count). The van der Waals surface area contributed by atoms with Gasteiger partial charge in [-0.3, -0.25) is 0 Å². The van der Waals surface area contributed by atoms with Crippen LogP contribution in [0.5, 0.6) is 0 Å². The zero-order chi connectivity index (χ0) is 17.8. The van der Waals surface area contributed by atoms with E-state index in [0.29, 0.717) is 6.07 Å². The van der Waals surface area contributed by atoms with Crippen molar-refractivity contribution in [1.29, 1.82) is 0 Å². The van der Waals surface area contributed by atoms with Crippen LogP contribution in [0.25, 0.3) is 0 Å². The molecule has 0 atom stereocenters. The lowest BCUT2D eigenvalue weighted by molar-refractivity contribution is 0.00631. The molecule has 0 spiro atoms. The Morgan fingerprint density at radius 3 is 2.09 bits per heavy atom. The number of alkyl halides is 2. The first kappa shape index (κ1) is 19.9. The van der Waals surface area contributed by atoms with Gasteiger partial charge in [0.25, 0.3) is 0 Å². The molecule has 1 aromatic rings. The minimum atomic E-state index is -1.47. The van der Waals surface area contributed by atoms with Gasteiger partial charge in [-0.05, 0) is 26.8 Å². The number of esters is 1. The molecule has 130 valence electrons. The fourth-order valence-electron chi connectivity index (χ4n) is 1.90. The standard InChI is InChI=1S/C15H18Cl2F3NO2/c1-15(2,3)23-14(22)9-8-10(18)13(12(20)11(9)19)21(6-4-16)7-5-17/h8H,4-7H2,1-3H3. The molecule has 0 heterocycles. The molecule has 1 aromatic carbocycles. The highest BCUT2D eigenvalue weighted by Gasteiger charge is 2.28. The topological polar surface area (TPSA) is 29.5 Å². The van der Waals surface area contributed by atoms with Crippen LogP contribution in [0, 0.1) is 17.5 Å². The molecule has 0 aliphatic carbocycles. The molecule has 0 radical (unpaired) electrons. The van der Waals surface area contributed by atoms with E-state index < -0.39 is 40.3 Å². The van der Waals surface area contributed by atoms with Crippen molar-refractivity contribution in [3.63, 3.8) is 0 Å². The Bertz CT molecular complexity index is 571. The van der Waals surface area contributed by atoms with E-state index in [1.165, 1.54) is 4.90 Å². The summed E-state index contributed by atoms with van der Waals surface area (Å²) in [5.74, 6) is -5.01. The average Bonchev–Trinajstić information content (AvgIpc) is 2.41. The Morgan fingerprint density at radius 1 is 1.13 bits per heavy atom. The van der Waals surface area contributed by atoms with Crippen molar-refractivity contribution in [1.82, 2.24) is 0 Å². The maximum Gasteiger partial charge on any atom is 0.341 e. The minimum absolute atomic E-state index is 0.0746. The summed E-state index contributed by atoms with van der Waals surface area (Å²) in [5, 5.41) is 0. The number of anilines is 1. The normalized spacial score (nSPS) is 11.5. The van der Waals surface area contributed by atoms with Crippen LogP contribution in [0.2, 0.25) is 0 Å². The monoisotopic (exact) mass is 371 g/mol. The summed E-state index contributed by atoms with van der Waals surface area (Å²) in [6.07, 6.45) is 0. The number of ether oxygens (including phenoxy) is 1. The third-order valence-electron chi connectivity index (χ3n) is 2.78. The molecular formula is C15H18Cl2F3NO2. The molecule has 3 nitrogen and oxygen atoms in total. The number of nitrogens with zero attached hydrogens (tertiary/aromatic N) is 1. The molecule has 0 aliphatic heterocycles. The smallest absolute Gasteiger partial charge is 0.341 e. The number of hydrogen-bond acceptors (Lipinski definition) is 3. The summed E-state index contributed by atoms with van der Waals surface area (Å²) in [7, 11) is 0. The molecule has 0 fully saturated rings. The number of carbonyl (C=O) groups excluding carboxylic acids is 1. The molecule has 0 aromatic heterocycles. The molecule has 0 N–H and O–H groups in total. The second kappa shape index (κ2) is 8.11. The van der Waals surface area contributed by atoms with E-state index in [1.807, 2.05) is 0 Å². The van der Waals surface area contributed by atoms with Crippen molar-refractivity contribution in [3.05, 3.63) is 29.1 Å². The Hall–Kier alpha value is -1.14. The van der Waals surface area contributed by atoms with Gasteiger partial charge in [-0.25, -0.2) is 18.0 Å². The average molecular weight is 372 g/mol. The van der Waals surface area contributed by atoms with Gasteiger partial charge in [0.15, 0.2) is 17.5 Å². The second-order valence-electron chi connectivity index (χ2n) is 5.75. The molecule has 0 saturated carbocycles. The van der Waals surface area contributed by atoms with Crippen molar-refractivity contribution >= 4 is 34.9 Å². The lowest BCUT2D eigenvalue weighted by Crippen LogP contribution is -2.30. The quantitative estimate of drug-likeness (QED) is 0.423. The van der Waals surface area contributed by atoms with Crippen LogP contribution in [-0.2, 0) is 4.74 Å². The molecular weight excluding hydrogens is 354 g/mol. The van der Waals surface area contributed by atoms with E-state index in [2.05, 4.69) is 0 Å². The SMILES string of the molecule is CC(C)(C)OC(=O)c1cc(F)c(N(CCCl)CCCl)c(F)c1F. The first-order chi connectivity index (χ1) is 10.6. The Morgan fingerprint density at radius 2 is 1.65 bits per heavy atom. The van der Waals surface area contributed by atoms with Crippen molar-refractivity contribution < 1.29 is 22.7 Å². The maximum absolute atomic E-state index is 14.3. The number of halogens is 5. The van der Waals surface area contributed by atoms with Gasteiger partial charge in [0.05, 0.1) is 0 Å². The van der Waals surface area contributed by atoms with Crippen LogP contribution in [-0.4, -0.2) is 36.4 Å². The molecule has 0 amide bonds. The van der Waals surface area contributed by atoms with E-state index in [0.717, 1.165) is 0 Å². The van der Waals surface area contributed by atoms with Crippen LogP contribution < -0.4 is 4.90 Å². The van der Waals surface area contributed by atoms with Crippen molar-refractivity contribution in [2.75, 3.05) is 29.7 Å². The largest absolute Gasteiger partial charge is 0.456 e. The highest BCUT2D eigenvalue weighted by atomic mass is 35.5. The number of benzene rings is 1. The zero-order valence-electron chi connectivity index (χ0n) is 13.1. The van der Waals surface area contributed by atoms with E-state index in [-0.39, 0.29) is 24.8 Å². The summed E-state index contributed by atoms with van der Waals surface area (Å²) in [6, 6.07) is 0.622. The molecule has 0 saturated heterocycles. The van der Waals surface area contributed by atoms with Gasteiger partial charge in [-0.2, -0.15) is 0 Å². The summed E-state index contributed by atoms with van der Waals surface area (Å²) in [4.78, 5) is 13.1. The lowest BCUT2D eigenvalue weighted by Gasteiger charge is -2.25. The zero-order valence-corrected chi connectivity index (χ0v) is 14.6. The molecule has 0 unspecified atom stereocenters. The van der Waals surface area contributed by atoms with Gasteiger partial charge in [0.1, 0.15) is 16.9 Å². The Labute approximate surface area is 143 Å². The lowest BCUT2D eigenvalue weighted by atomic mass is 10.1. The van der Waals surface area contributed by atoms with E-state index in [4.69, 9.17) is 27.9 Å². The minimum Gasteiger partial charge on any atom is -0.456 e. The molecule has 8 heteroatoms. The number of carbonyl (C=O) groups is 1. The number of hydrogen-bond donors (Lipinski definition) is 0. The summed E-state index contributed by atoms with van der Waals surface area (Å²) in [5.41, 5.74) is -2.32. The molecule has 0 bridgehead atoms.